The zero-order valence-corrected chi connectivity index (χ0v) is 26.5. The number of nitrogens with zero attached hydrogens (tertiary/aromatic N) is 8. The topological polar surface area (TPSA) is 273 Å². The van der Waals surface area contributed by atoms with E-state index in [1.54, 1.807) is 21.8 Å². The molecule has 7 rings (SSSR count). The standard InChI is InChI=1S/2C10H14N6O2.C7H12O4/c2*1-2-6-17-3-5(18-6)16-4-13-7-8(11)14-10(12)15-9(7)16;1-3-6-9-4-7(11-6)10-5(2)8/h2*4-6H,2-3H2,1H3,(H4,11,12,14,15);6-7H,3-4H2,1-2H3. The van der Waals surface area contributed by atoms with Gasteiger partial charge in [0.05, 0.1) is 25.9 Å². The number of esters is 1. The first kappa shape index (κ1) is 33.9. The van der Waals surface area contributed by atoms with Gasteiger partial charge in [-0.3, -0.25) is 13.9 Å². The van der Waals surface area contributed by atoms with Crippen LogP contribution in [0.3, 0.4) is 0 Å². The smallest absolute Gasteiger partial charge is 0.305 e. The zero-order chi connectivity index (χ0) is 33.7. The number of fused-ring (bicyclic) bond motifs is 2. The van der Waals surface area contributed by atoms with Gasteiger partial charge < -0.3 is 56.1 Å². The van der Waals surface area contributed by atoms with Gasteiger partial charge in [-0.2, -0.15) is 19.9 Å². The molecular weight excluding hydrogens is 620 g/mol. The predicted octanol–water partition coefficient (Wildman–Crippen LogP) is 1.20. The van der Waals surface area contributed by atoms with E-state index >= 15 is 0 Å². The first-order valence-electron chi connectivity index (χ1n) is 15.1. The van der Waals surface area contributed by atoms with Crippen molar-refractivity contribution < 1.29 is 38.0 Å². The van der Waals surface area contributed by atoms with Crippen molar-refractivity contribution >= 4 is 51.8 Å². The van der Waals surface area contributed by atoms with Crippen molar-refractivity contribution in [3.05, 3.63) is 12.7 Å². The second-order valence-corrected chi connectivity index (χ2v) is 10.5. The second kappa shape index (κ2) is 15.0. The highest BCUT2D eigenvalue weighted by atomic mass is 16.8. The molecule has 3 saturated heterocycles. The number of carbonyl (C=O) groups excluding carboxylic acids is 1. The number of ether oxygens (including phenoxy) is 7. The molecule has 20 nitrogen and oxygen atoms in total. The van der Waals surface area contributed by atoms with Crippen molar-refractivity contribution in [1.82, 2.24) is 39.0 Å². The van der Waals surface area contributed by atoms with Gasteiger partial charge in [0, 0.05) is 6.92 Å². The van der Waals surface area contributed by atoms with Crippen LogP contribution in [0.5, 0.6) is 0 Å². The number of carbonyl (C=O) groups is 1. The minimum atomic E-state index is -0.502. The lowest BCUT2D eigenvalue weighted by atomic mass is 10.5. The quantitative estimate of drug-likeness (QED) is 0.211. The van der Waals surface area contributed by atoms with Crippen molar-refractivity contribution in [2.45, 2.75) is 84.6 Å². The monoisotopic (exact) mass is 660 g/mol. The highest BCUT2D eigenvalue weighted by molar-refractivity contribution is 5.83. The van der Waals surface area contributed by atoms with Crippen molar-refractivity contribution in [1.29, 1.82) is 0 Å². The molecule has 20 heteroatoms. The van der Waals surface area contributed by atoms with Gasteiger partial charge >= 0.3 is 5.97 Å². The number of anilines is 4. The van der Waals surface area contributed by atoms with Crippen LogP contribution in [0.25, 0.3) is 22.3 Å². The lowest BCUT2D eigenvalue weighted by Crippen LogP contribution is -2.18. The van der Waals surface area contributed by atoms with Gasteiger partial charge in [-0.15, -0.1) is 0 Å². The average Bonchev–Trinajstić information content (AvgIpc) is 3.86. The van der Waals surface area contributed by atoms with Gasteiger partial charge in [0.15, 0.2) is 54.3 Å². The highest BCUT2D eigenvalue weighted by Gasteiger charge is 2.29. The van der Waals surface area contributed by atoms with E-state index in [-0.39, 0.29) is 60.8 Å². The van der Waals surface area contributed by atoms with Crippen molar-refractivity contribution in [2.24, 2.45) is 0 Å². The molecule has 6 unspecified atom stereocenters. The predicted molar refractivity (Wildman–Crippen MR) is 165 cm³/mol. The van der Waals surface area contributed by atoms with Crippen LogP contribution in [0.4, 0.5) is 23.5 Å². The van der Waals surface area contributed by atoms with Crippen LogP contribution >= 0.6 is 0 Å². The fraction of sp³-hybridized carbons (Fsp3) is 0.593. The minimum Gasteiger partial charge on any atom is -0.433 e. The van der Waals surface area contributed by atoms with E-state index in [4.69, 9.17) is 56.1 Å². The van der Waals surface area contributed by atoms with Crippen LogP contribution < -0.4 is 22.9 Å². The van der Waals surface area contributed by atoms with E-state index in [1.165, 1.54) is 6.92 Å². The van der Waals surface area contributed by atoms with Crippen molar-refractivity contribution in [3.8, 4) is 0 Å². The molecule has 8 N–H and O–H groups in total. The molecule has 0 bridgehead atoms. The van der Waals surface area contributed by atoms with E-state index in [0.29, 0.717) is 42.1 Å². The van der Waals surface area contributed by atoms with E-state index in [9.17, 15) is 4.79 Å². The van der Waals surface area contributed by atoms with Gasteiger partial charge in [-0.25, -0.2) is 9.97 Å². The molecule has 3 fully saturated rings. The lowest BCUT2D eigenvalue weighted by Gasteiger charge is -2.11. The van der Waals surface area contributed by atoms with Gasteiger partial charge in [0.2, 0.25) is 18.2 Å². The van der Waals surface area contributed by atoms with Crippen LogP contribution in [0.15, 0.2) is 12.7 Å². The maximum Gasteiger partial charge on any atom is 0.305 e. The second-order valence-electron chi connectivity index (χ2n) is 10.5. The summed E-state index contributed by atoms with van der Waals surface area (Å²) >= 11 is 0. The van der Waals surface area contributed by atoms with Crippen molar-refractivity contribution in [3.63, 3.8) is 0 Å². The summed E-state index contributed by atoms with van der Waals surface area (Å²) < 4.78 is 40.9. The number of aromatic nitrogens is 8. The summed E-state index contributed by atoms with van der Waals surface area (Å²) in [4.78, 5) is 34.8. The average molecular weight is 661 g/mol. The van der Waals surface area contributed by atoms with Crippen LogP contribution in [0.1, 0.15) is 59.4 Å². The van der Waals surface area contributed by atoms with Gasteiger partial charge in [-0.1, -0.05) is 20.8 Å². The first-order chi connectivity index (χ1) is 22.6. The molecule has 0 radical (unpaired) electrons. The van der Waals surface area contributed by atoms with Crippen molar-refractivity contribution in [2.75, 3.05) is 42.8 Å². The number of nitrogens with two attached hydrogens (primary N) is 4. The third kappa shape index (κ3) is 7.92. The SMILES string of the molecule is CCC1OCC(OC(C)=O)O1.CCC1OCC(n2cnc3c(N)nc(N)nc32)O1.CCC1OCC(n2cnc3c(N)nc(N)nc32)O1. The Morgan fingerprint density at radius 2 is 1.15 bits per heavy atom. The Balaban J connectivity index is 0.000000143. The third-order valence-electron chi connectivity index (χ3n) is 7.04. The first-order valence-corrected chi connectivity index (χ1v) is 15.1. The Hall–Kier alpha value is -4.47. The molecule has 6 atom stereocenters. The fourth-order valence-corrected chi connectivity index (χ4v) is 4.83. The Labute approximate surface area is 269 Å². The molecule has 47 heavy (non-hydrogen) atoms. The Morgan fingerprint density at radius 1 is 0.723 bits per heavy atom. The summed E-state index contributed by atoms with van der Waals surface area (Å²) in [5, 5.41) is 0. The summed E-state index contributed by atoms with van der Waals surface area (Å²) in [5.41, 5.74) is 24.8. The van der Waals surface area contributed by atoms with Crippen LogP contribution in [0, 0.1) is 0 Å². The number of hydrogen-bond donors (Lipinski definition) is 4. The highest BCUT2D eigenvalue weighted by Crippen LogP contribution is 2.28. The number of nitrogen functional groups attached to an aromatic ring is 4. The molecule has 4 aromatic heterocycles. The lowest BCUT2D eigenvalue weighted by molar-refractivity contribution is -0.173. The molecule has 0 saturated carbocycles. The summed E-state index contributed by atoms with van der Waals surface area (Å²) in [6, 6.07) is 0. The van der Waals surface area contributed by atoms with Crippen LogP contribution in [-0.2, 0) is 38.0 Å². The zero-order valence-electron chi connectivity index (χ0n) is 26.5. The van der Waals surface area contributed by atoms with E-state index in [2.05, 4.69) is 29.9 Å². The molecule has 0 aliphatic carbocycles. The van der Waals surface area contributed by atoms with Crippen LogP contribution in [-0.4, -0.2) is 90.0 Å². The summed E-state index contributed by atoms with van der Waals surface area (Å²) in [6.07, 6.45) is 3.98. The molecule has 0 spiro atoms. The molecule has 0 amide bonds. The molecule has 4 aromatic rings. The van der Waals surface area contributed by atoms with E-state index in [1.807, 2.05) is 20.8 Å². The molecule has 3 aliphatic rings. The Bertz CT molecular complexity index is 1560. The fourth-order valence-electron chi connectivity index (χ4n) is 4.83. The normalized spacial score (nSPS) is 25.4. The number of imidazole rings is 2. The molecule has 7 heterocycles. The van der Waals surface area contributed by atoms with Gasteiger partial charge in [0.1, 0.15) is 17.6 Å². The van der Waals surface area contributed by atoms with E-state index < -0.39 is 6.29 Å². The molecule has 0 aromatic carbocycles. The number of rotatable bonds is 6. The molecular formula is C27H40N12O8. The maximum absolute atomic E-state index is 10.4. The van der Waals surface area contributed by atoms with Gasteiger partial charge in [-0.05, 0) is 19.3 Å². The van der Waals surface area contributed by atoms with Crippen LogP contribution in [0.2, 0.25) is 0 Å². The van der Waals surface area contributed by atoms with E-state index in [0.717, 1.165) is 19.3 Å². The molecule has 3 aliphatic heterocycles. The summed E-state index contributed by atoms with van der Waals surface area (Å²) in [6.45, 7) is 8.54. The Morgan fingerprint density at radius 3 is 1.53 bits per heavy atom. The molecule has 256 valence electrons. The largest absolute Gasteiger partial charge is 0.433 e. The van der Waals surface area contributed by atoms with Gasteiger partial charge in [0.25, 0.3) is 0 Å². The minimum absolute atomic E-state index is 0.118. The maximum atomic E-state index is 10.4. The summed E-state index contributed by atoms with van der Waals surface area (Å²) in [5.74, 6) is 0.431. The third-order valence-corrected chi connectivity index (χ3v) is 7.04. The summed E-state index contributed by atoms with van der Waals surface area (Å²) in [7, 11) is 0. The number of hydrogen-bond acceptors (Lipinski definition) is 18. The Kier molecular flexibility index (Phi) is 10.8.